The Kier molecular flexibility index (Phi) is 3.25. The number of nitrogen functional groups attached to an aromatic ring is 1. The number of fused-ring (bicyclic) bond motifs is 1. The monoisotopic (exact) mass is 261 g/mol. The summed E-state index contributed by atoms with van der Waals surface area (Å²) in [5, 5.41) is 4.13. The van der Waals surface area contributed by atoms with Crippen LogP contribution in [0.4, 0.5) is 5.95 Å². The average Bonchev–Trinajstić information content (AvgIpc) is 2.81. The van der Waals surface area contributed by atoms with Gasteiger partial charge in [0.25, 0.3) is 5.56 Å². The third-order valence-electron chi connectivity index (χ3n) is 3.83. The van der Waals surface area contributed by atoms with Crippen molar-refractivity contribution >= 4 is 17.0 Å². The molecule has 102 valence electrons. The maximum Gasteiger partial charge on any atom is 0.262 e. The van der Waals surface area contributed by atoms with Crippen molar-refractivity contribution in [1.82, 2.24) is 20.3 Å². The molecule has 0 spiro atoms. The molecule has 0 unspecified atom stereocenters. The maximum absolute atomic E-state index is 11.9. The van der Waals surface area contributed by atoms with Crippen molar-refractivity contribution in [2.24, 2.45) is 0 Å². The third-order valence-corrected chi connectivity index (χ3v) is 3.83. The highest BCUT2D eigenvalue weighted by Gasteiger charge is 2.15. The smallest absolute Gasteiger partial charge is 0.262 e. The van der Waals surface area contributed by atoms with E-state index in [1.807, 2.05) is 6.20 Å². The summed E-state index contributed by atoms with van der Waals surface area (Å²) >= 11 is 0. The van der Waals surface area contributed by atoms with Crippen LogP contribution in [0.25, 0.3) is 11.0 Å². The molecular weight excluding hydrogens is 242 g/mol. The summed E-state index contributed by atoms with van der Waals surface area (Å²) < 4.78 is 0. The molecule has 1 aliphatic rings. The first kappa shape index (κ1) is 12.2. The van der Waals surface area contributed by atoms with Gasteiger partial charge in [-0.05, 0) is 18.4 Å². The molecule has 3 rings (SSSR count). The third kappa shape index (κ3) is 2.49. The van der Waals surface area contributed by atoms with Crippen molar-refractivity contribution < 1.29 is 0 Å². The topological polar surface area (TPSA) is 99.6 Å². The Balaban J connectivity index is 1.79. The lowest BCUT2D eigenvalue weighted by molar-refractivity contribution is 0.373. The van der Waals surface area contributed by atoms with Gasteiger partial charge in [0.1, 0.15) is 5.65 Å². The van der Waals surface area contributed by atoms with Crippen LogP contribution in [-0.2, 0) is 6.54 Å². The molecule has 0 aliphatic heterocycles. The van der Waals surface area contributed by atoms with E-state index in [9.17, 15) is 4.79 Å². The largest absolute Gasteiger partial charge is 0.369 e. The molecular formula is C13H19N5O. The molecule has 0 amide bonds. The second-order valence-corrected chi connectivity index (χ2v) is 5.20. The van der Waals surface area contributed by atoms with Crippen LogP contribution in [-0.4, -0.2) is 21.0 Å². The second kappa shape index (κ2) is 5.05. The first-order chi connectivity index (χ1) is 9.24. The summed E-state index contributed by atoms with van der Waals surface area (Å²) in [6, 6.07) is 0.569. The van der Waals surface area contributed by atoms with Crippen LogP contribution in [0.5, 0.6) is 0 Å². The molecule has 1 saturated carbocycles. The lowest BCUT2D eigenvalue weighted by Crippen LogP contribution is -2.30. The van der Waals surface area contributed by atoms with Gasteiger partial charge in [0.2, 0.25) is 5.95 Å². The Hall–Kier alpha value is -1.82. The van der Waals surface area contributed by atoms with Crippen molar-refractivity contribution in [2.45, 2.75) is 44.7 Å². The van der Waals surface area contributed by atoms with E-state index in [0.717, 1.165) is 5.56 Å². The summed E-state index contributed by atoms with van der Waals surface area (Å²) in [4.78, 5) is 21.5. The number of nitrogens with one attached hydrogen (secondary N) is 3. The lowest BCUT2D eigenvalue weighted by atomic mass is 9.95. The molecule has 2 aromatic rings. The Bertz CT molecular complexity index is 623. The average molecular weight is 261 g/mol. The van der Waals surface area contributed by atoms with Crippen LogP contribution in [0.2, 0.25) is 0 Å². The highest BCUT2D eigenvalue weighted by atomic mass is 16.1. The number of nitrogens with two attached hydrogens (primary N) is 1. The van der Waals surface area contributed by atoms with Crippen LogP contribution in [0.1, 0.15) is 37.7 Å². The van der Waals surface area contributed by atoms with E-state index in [4.69, 9.17) is 5.73 Å². The van der Waals surface area contributed by atoms with E-state index in [2.05, 4.69) is 20.3 Å². The zero-order chi connectivity index (χ0) is 13.2. The van der Waals surface area contributed by atoms with Crippen molar-refractivity contribution in [1.29, 1.82) is 0 Å². The van der Waals surface area contributed by atoms with Gasteiger partial charge >= 0.3 is 0 Å². The minimum Gasteiger partial charge on any atom is -0.369 e. The van der Waals surface area contributed by atoms with E-state index in [1.54, 1.807) is 0 Å². The quantitative estimate of drug-likeness (QED) is 0.668. The van der Waals surface area contributed by atoms with E-state index >= 15 is 0 Å². The van der Waals surface area contributed by atoms with Crippen LogP contribution in [0.3, 0.4) is 0 Å². The van der Waals surface area contributed by atoms with Crippen molar-refractivity contribution in [3.05, 3.63) is 22.1 Å². The summed E-state index contributed by atoms with van der Waals surface area (Å²) in [7, 11) is 0. The summed E-state index contributed by atoms with van der Waals surface area (Å²) in [6.45, 7) is 0.694. The molecule has 1 aliphatic carbocycles. The number of hydrogen-bond acceptors (Lipinski definition) is 4. The first-order valence-corrected chi connectivity index (χ1v) is 6.83. The predicted molar refractivity (Wildman–Crippen MR) is 74.8 cm³/mol. The van der Waals surface area contributed by atoms with Crippen LogP contribution < -0.4 is 16.6 Å². The summed E-state index contributed by atoms with van der Waals surface area (Å²) in [5.74, 6) is 0.145. The SMILES string of the molecule is Nc1nc2[nH]cc(CNC3CCCCC3)c2c(=O)[nH]1. The molecule has 2 heterocycles. The van der Waals surface area contributed by atoms with E-state index in [-0.39, 0.29) is 11.5 Å². The van der Waals surface area contributed by atoms with Gasteiger partial charge in [0, 0.05) is 18.8 Å². The van der Waals surface area contributed by atoms with Gasteiger partial charge in [-0.2, -0.15) is 4.98 Å². The van der Waals surface area contributed by atoms with Crippen molar-refractivity contribution in [2.75, 3.05) is 5.73 Å². The fourth-order valence-corrected chi connectivity index (χ4v) is 2.82. The molecule has 2 aromatic heterocycles. The zero-order valence-corrected chi connectivity index (χ0v) is 10.8. The van der Waals surface area contributed by atoms with Gasteiger partial charge in [-0.3, -0.25) is 9.78 Å². The molecule has 19 heavy (non-hydrogen) atoms. The Labute approximate surface area is 110 Å². The molecule has 5 N–H and O–H groups in total. The van der Waals surface area contributed by atoms with E-state index in [1.165, 1.54) is 32.1 Å². The fraction of sp³-hybridized carbons (Fsp3) is 0.538. The van der Waals surface area contributed by atoms with Crippen LogP contribution in [0.15, 0.2) is 11.0 Å². The van der Waals surface area contributed by atoms with Crippen LogP contribution in [0, 0.1) is 0 Å². The minimum atomic E-state index is -0.177. The number of anilines is 1. The minimum absolute atomic E-state index is 0.145. The molecule has 0 saturated heterocycles. The van der Waals surface area contributed by atoms with Gasteiger partial charge in [-0.25, -0.2) is 0 Å². The number of aromatic nitrogens is 3. The maximum atomic E-state index is 11.9. The van der Waals surface area contributed by atoms with Crippen LogP contribution >= 0.6 is 0 Å². The Morgan fingerprint density at radius 3 is 2.95 bits per heavy atom. The summed E-state index contributed by atoms with van der Waals surface area (Å²) in [6.07, 6.45) is 8.22. The van der Waals surface area contributed by atoms with Gasteiger partial charge in [-0.15, -0.1) is 0 Å². The Morgan fingerprint density at radius 1 is 1.37 bits per heavy atom. The standard InChI is InChI=1S/C13H19N5O/c14-13-17-11-10(12(19)18-13)8(7-16-11)6-15-9-4-2-1-3-5-9/h7,9,15H,1-6H2,(H4,14,16,17,18,19). The summed E-state index contributed by atoms with van der Waals surface area (Å²) in [5.41, 5.74) is 6.86. The number of aromatic amines is 2. The number of hydrogen-bond donors (Lipinski definition) is 4. The van der Waals surface area contributed by atoms with E-state index < -0.39 is 0 Å². The van der Waals surface area contributed by atoms with Crippen molar-refractivity contribution in [3.63, 3.8) is 0 Å². The van der Waals surface area contributed by atoms with Crippen molar-refractivity contribution in [3.8, 4) is 0 Å². The van der Waals surface area contributed by atoms with Gasteiger partial charge in [-0.1, -0.05) is 19.3 Å². The molecule has 0 atom stereocenters. The number of H-pyrrole nitrogens is 2. The molecule has 1 fully saturated rings. The van der Waals surface area contributed by atoms with Gasteiger partial charge in [0.05, 0.1) is 5.39 Å². The van der Waals surface area contributed by atoms with Gasteiger partial charge in [0.15, 0.2) is 0 Å². The molecule has 6 nitrogen and oxygen atoms in total. The first-order valence-electron chi connectivity index (χ1n) is 6.83. The normalized spacial score (nSPS) is 17.1. The second-order valence-electron chi connectivity index (χ2n) is 5.20. The van der Waals surface area contributed by atoms with E-state index in [0.29, 0.717) is 23.6 Å². The molecule has 0 aromatic carbocycles. The molecule has 0 radical (unpaired) electrons. The Morgan fingerprint density at radius 2 is 2.16 bits per heavy atom. The molecule has 0 bridgehead atoms. The van der Waals surface area contributed by atoms with Gasteiger partial charge < -0.3 is 16.0 Å². The molecule has 6 heteroatoms. The lowest BCUT2D eigenvalue weighted by Gasteiger charge is -2.22. The predicted octanol–water partition coefficient (Wildman–Crippen LogP) is 1.26. The number of nitrogens with zero attached hydrogens (tertiary/aromatic N) is 1. The highest BCUT2D eigenvalue weighted by Crippen LogP contribution is 2.19. The number of rotatable bonds is 3. The zero-order valence-electron chi connectivity index (χ0n) is 10.8. The highest BCUT2D eigenvalue weighted by molar-refractivity contribution is 5.79. The fourth-order valence-electron chi connectivity index (χ4n) is 2.82.